The molecule has 1 aromatic rings. The van der Waals surface area contributed by atoms with Crippen molar-refractivity contribution in [3.05, 3.63) is 41.0 Å². The Morgan fingerprint density at radius 3 is 2.21 bits per heavy atom. The van der Waals surface area contributed by atoms with Crippen LogP contribution in [0, 0.1) is 18.8 Å². The van der Waals surface area contributed by atoms with Crippen LogP contribution in [-0.2, 0) is 9.59 Å². The molecule has 4 rings (SSSR count). The number of aryl methyl sites for hydroxylation is 1. The molecular weight excluding hydrogens is 537 g/mol. The van der Waals surface area contributed by atoms with Crippen LogP contribution in [0.3, 0.4) is 0 Å². The number of nitrogens with zero attached hydrogens (tertiary/aromatic N) is 2. The number of amides is 1. The van der Waals surface area contributed by atoms with E-state index in [9.17, 15) is 14.7 Å². The summed E-state index contributed by atoms with van der Waals surface area (Å²) in [4.78, 5) is 30.5. The average Bonchev–Trinajstić information content (AvgIpc) is 2.99. The number of carboxylic acids is 1. The van der Waals surface area contributed by atoms with Gasteiger partial charge in [0.15, 0.2) is 0 Å². The van der Waals surface area contributed by atoms with Crippen molar-refractivity contribution < 1.29 is 33.6 Å². The van der Waals surface area contributed by atoms with Crippen molar-refractivity contribution in [2.75, 3.05) is 51.3 Å². The van der Waals surface area contributed by atoms with Gasteiger partial charge in [0, 0.05) is 44.8 Å². The fourth-order valence-electron chi connectivity index (χ4n) is 7.16. The van der Waals surface area contributed by atoms with Crippen LogP contribution in [0.25, 0.3) is 5.57 Å². The molecule has 0 saturated heterocycles. The number of hydrogen-bond donors (Lipinski definition) is 1. The Labute approximate surface area is 271 Å². The first-order valence-electron chi connectivity index (χ1n) is 16.2. The maximum atomic E-state index is 13.5. The van der Waals surface area contributed by atoms with Crippen LogP contribution in [0.1, 0.15) is 88.2 Å². The van der Waals surface area contributed by atoms with Crippen molar-refractivity contribution in [1.82, 2.24) is 15.1 Å². The van der Waals surface area contributed by atoms with Gasteiger partial charge in [-0.3, -0.25) is 9.69 Å². The molecule has 0 bridgehead atoms. The molecule has 3 aliphatic rings. The Hall–Kier alpha value is -1.23. The van der Waals surface area contributed by atoms with Gasteiger partial charge in [0.05, 0.1) is 12.0 Å². The third-order valence-corrected chi connectivity index (χ3v) is 10.2. The zero-order valence-electron chi connectivity index (χ0n) is 26.5. The number of aliphatic carboxylic acids is 1. The van der Waals surface area contributed by atoms with Gasteiger partial charge < -0.3 is 20.1 Å². The van der Waals surface area contributed by atoms with Crippen LogP contribution in [0.4, 0.5) is 0 Å². The quantitative estimate of drug-likeness (QED) is 0.335. The number of hydrogen-bond acceptors (Lipinski definition) is 6. The normalized spacial score (nSPS) is 19.9. The van der Waals surface area contributed by atoms with Gasteiger partial charge in [-0.25, -0.2) is 0 Å². The number of benzene rings is 1. The van der Waals surface area contributed by atoms with Gasteiger partial charge in [-0.05, 0) is 86.0 Å². The zero-order valence-corrected chi connectivity index (χ0v) is 27.3. The van der Waals surface area contributed by atoms with Crippen LogP contribution < -0.4 is 29.3 Å². The fourth-order valence-corrected chi connectivity index (χ4v) is 7.63. The summed E-state index contributed by atoms with van der Waals surface area (Å²) in [6.07, 6.45) is 16.8. The zero-order chi connectivity index (χ0) is 29.0. The Bertz CT molecular complexity index is 1000. The summed E-state index contributed by atoms with van der Waals surface area (Å²) in [6, 6.07) is 7.29. The van der Waals surface area contributed by atoms with E-state index in [2.05, 4.69) is 34.2 Å². The Kier molecular flexibility index (Phi) is 15.6. The van der Waals surface area contributed by atoms with Crippen LogP contribution in [-0.4, -0.2) is 79.0 Å². The molecule has 228 valence electrons. The maximum absolute atomic E-state index is 13.5. The van der Waals surface area contributed by atoms with Crippen molar-refractivity contribution in [2.24, 2.45) is 11.8 Å². The van der Waals surface area contributed by atoms with Crippen molar-refractivity contribution in [2.45, 2.75) is 90.0 Å². The van der Waals surface area contributed by atoms with Crippen LogP contribution >= 0.6 is 11.8 Å². The average molecular weight is 590 g/mol. The molecule has 2 saturated carbocycles. The third-order valence-electron chi connectivity index (χ3n) is 9.58. The molecule has 1 amide bonds. The van der Waals surface area contributed by atoms with E-state index >= 15 is 0 Å². The predicted octanol–water partition coefficient (Wildman–Crippen LogP) is 1.91. The predicted molar refractivity (Wildman–Crippen MR) is 169 cm³/mol. The Morgan fingerprint density at radius 2 is 1.64 bits per heavy atom. The summed E-state index contributed by atoms with van der Waals surface area (Å²) >= 11 is 1.57. The number of carbonyl (C=O) groups is 2. The minimum atomic E-state index is -1.21. The Balaban J connectivity index is 0.00000484. The summed E-state index contributed by atoms with van der Waals surface area (Å²) in [5.41, 5.74) is 4.01. The number of carbonyl (C=O) groups excluding carboxylic acids is 2. The van der Waals surface area contributed by atoms with Crippen LogP contribution in [0.2, 0.25) is 0 Å². The van der Waals surface area contributed by atoms with Crippen molar-refractivity contribution in [3.8, 4) is 0 Å². The number of nitrogens with one attached hydrogen (secondary N) is 1. The van der Waals surface area contributed by atoms with Gasteiger partial charge in [0.2, 0.25) is 5.91 Å². The first-order chi connectivity index (χ1) is 19.9. The second-order valence-electron chi connectivity index (χ2n) is 12.7. The molecule has 0 aromatic heterocycles. The molecule has 1 unspecified atom stereocenters. The molecule has 0 radical (unpaired) electrons. The van der Waals surface area contributed by atoms with Gasteiger partial charge in [-0.2, -0.15) is 11.8 Å². The molecule has 42 heavy (non-hydrogen) atoms. The van der Waals surface area contributed by atoms with E-state index < -0.39 is 12.0 Å². The maximum Gasteiger partial charge on any atom is 1.00 e. The third kappa shape index (κ3) is 10.7. The standard InChI is InChI=1S/C34H53N3O3S.Li/c1-26-11-9-10-16-29(26)31-25-36(19-17-30(31)33(38)35-32(34(39)40)18-22-41-2)20-21-37(23-27-12-5-3-6-13-27)24-28-14-7-4-8-15-28;/h9-11,16,27-28,32H,3-8,12-15,17-25H2,1-2H3,(H,35,38)(H,39,40);/q;+1/p-1. The summed E-state index contributed by atoms with van der Waals surface area (Å²) in [5, 5.41) is 14.5. The van der Waals surface area contributed by atoms with Gasteiger partial charge in [-0.1, -0.05) is 62.8 Å². The number of carboxylic acid groups (broad SMARTS) is 1. The topological polar surface area (TPSA) is 75.7 Å². The van der Waals surface area contributed by atoms with E-state index in [4.69, 9.17) is 0 Å². The summed E-state index contributed by atoms with van der Waals surface area (Å²) in [6.45, 7) is 8.18. The Morgan fingerprint density at radius 1 is 1.02 bits per heavy atom. The monoisotopic (exact) mass is 589 g/mol. The minimum Gasteiger partial charge on any atom is -0.548 e. The molecule has 2 aliphatic carbocycles. The van der Waals surface area contributed by atoms with Gasteiger partial charge in [-0.15, -0.1) is 0 Å². The van der Waals surface area contributed by atoms with Crippen molar-refractivity contribution >= 4 is 29.2 Å². The molecule has 1 aromatic carbocycles. The minimum absolute atomic E-state index is 0. The first kappa shape index (κ1) is 35.2. The SMILES string of the molecule is CSCCC(NC(=O)C1=C(c2ccccc2C)CN(CCN(CC2CCCCC2)CC2CCCCC2)CC1)C(=O)[O-].[Li+]. The number of thioether (sulfide) groups is 1. The molecule has 1 heterocycles. The van der Waals surface area contributed by atoms with Gasteiger partial charge in [0.25, 0.3) is 0 Å². The van der Waals surface area contributed by atoms with E-state index in [1.807, 2.05) is 18.4 Å². The van der Waals surface area contributed by atoms with E-state index in [-0.39, 0.29) is 24.8 Å². The first-order valence-corrected chi connectivity index (χ1v) is 17.6. The van der Waals surface area contributed by atoms with E-state index in [1.54, 1.807) is 11.8 Å². The number of rotatable bonds is 14. The van der Waals surface area contributed by atoms with Crippen molar-refractivity contribution in [3.63, 3.8) is 0 Å². The van der Waals surface area contributed by atoms with E-state index in [0.717, 1.165) is 60.3 Å². The van der Waals surface area contributed by atoms with E-state index in [0.29, 0.717) is 18.6 Å². The van der Waals surface area contributed by atoms with Gasteiger partial charge in [0.1, 0.15) is 0 Å². The van der Waals surface area contributed by atoms with Crippen LogP contribution in [0.15, 0.2) is 29.8 Å². The molecule has 6 nitrogen and oxygen atoms in total. The second kappa shape index (κ2) is 18.5. The smallest absolute Gasteiger partial charge is 0.548 e. The largest absolute Gasteiger partial charge is 1.00 e. The fraction of sp³-hybridized carbons (Fsp3) is 0.706. The molecule has 8 heteroatoms. The molecule has 0 spiro atoms. The molecule has 1 atom stereocenters. The van der Waals surface area contributed by atoms with Crippen molar-refractivity contribution in [1.29, 1.82) is 0 Å². The summed E-state index contributed by atoms with van der Waals surface area (Å²) in [7, 11) is 0. The molecule has 1 N–H and O–H groups in total. The summed E-state index contributed by atoms with van der Waals surface area (Å²) < 4.78 is 0. The van der Waals surface area contributed by atoms with Gasteiger partial charge >= 0.3 is 18.9 Å². The summed E-state index contributed by atoms with van der Waals surface area (Å²) in [5.74, 6) is 0.881. The second-order valence-corrected chi connectivity index (χ2v) is 13.7. The van der Waals surface area contributed by atoms with E-state index in [1.165, 1.54) is 77.3 Å². The van der Waals surface area contributed by atoms with Crippen LogP contribution in [0.5, 0.6) is 0 Å². The molecule has 1 aliphatic heterocycles. The molecular formula is C34H52LiN3O3S. The molecule has 2 fully saturated rings.